The molecule has 7 heteroatoms. The van der Waals surface area contributed by atoms with E-state index < -0.39 is 6.09 Å². The van der Waals surface area contributed by atoms with E-state index in [9.17, 15) is 4.79 Å². The second-order valence-corrected chi connectivity index (χ2v) is 4.14. The first-order chi connectivity index (χ1) is 10.1. The smallest absolute Gasteiger partial charge is 0.411 e. The van der Waals surface area contributed by atoms with Crippen molar-refractivity contribution in [2.75, 3.05) is 26.2 Å². The molecule has 0 aliphatic rings. The minimum Gasteiger partial charge on any atom is -0.481 e. The maximum atomic E-state index is 11.2. The van der Waals surface area contributed by atoms with Crippen molar-refractivity contribution in [3.05, 3.63) is 30.3 Å². The van der Waals surface area contributed by atoms with Crippen molar-refractivity contribution in [1.82, 2.24) is 9.97 Å². The van der Waals surface area contributed by atoms with E-state index in [-0.39, 0.29) is 0 Å². The van der Waals surface area contributed by atoms with E-state index in [0.717, 1.165) is 4.90 Å². The lowest BCUT2D eigenvalue weighted by atomic mass is 10.1. The van der Waals surface area contributed by atoms with Crippen LogP contribution in [0.1, 0.15) is 0 Å². The van der Waals surface area contributed by atoms with Crippen LogP contribution in [-0.2, 0) is 0 Å². The Morgan fingerprint density at radius 3 is 2.24 bits per heavy atom. The second kappa shape index (κ2) is 6.08. The molecule has 1 aromatic carbocycles. The van der Waals surface area contributed by atoms with Gasteiger partial charge in [-0.15, -0.1) is 0 Å². The molecule has 1 N–H and O–H groups in total. The SMILES string of the molecule is COc1cc(OC)nc(-c2ccccc2N(C)C(=O)O)n1. The maximum absolute atomic E-state index is 11.2. The number of carboxylic acid groups (broad SMARTS) is 1. The lowest BCUT2D eigenvalue weighted by molar-refractivity contribution is 0.203. The van der Waals surface area contributed by atoms with Crippen molar-refractivity contribution < 1.29 is 19.4 Å². The molecule has 0 aliphatic heterocycles. The highest BCUT2D eigenvalue weighted by molar-refractivity contribution is 5.91. The number of hydrogen-bond acceptors (Lipinski definition) is 5. The van der Waals surface area contributed by atoms with Crippen LogP contribution in [0.25, 0.3) is 11.4 Å². The van der Waals surface area contributed by atoms with Crippen LogP contribution in [0, 0.1) is 0 Å². The van der Waals surface area contributed by atoms with E-state index in [1.807, 2.05) is 0 Å². The third-order valence-electron chi connectivity index (χ3n) is 2.89. The third-order valence-corrected chi connectivity index (χ3v) is 2.89. The zero-order chi connectivity index (χ0) is 15.4. The van der Waals surface area contributed by atoms with Crippen LogP contribution >= 0.6 is 0 Å². The van der Waals surface area contributed by atoms with Gasteiger partial charge in [0, 0.05) is 12.6 Å². The molecule has 1 aromatic heterocycles. The monoisotopic (exact) mass is 289 g/mol. The lowest BCUT2D eigenvalue weighted by Gasteiger charge is -2.17. The van der Waals surface area contributed by atoms with Crippen LogP contribution in [-0.4, -0.2) is 42.4 Å². The van der Waals surface area contributed by atoms with Crippen LogP contribution in [0.4, 0.5) is 10.5 Å². The number of para-hydroxylation sites is 1. The quantitative estimate of drug-likeness (QED) is 0.929. The van der Waals surface area contributed by atoms with Gasteiger partial charge in [0.2, 0.25) is 11.8 Å². The largest absolute Gasteiger partial charge is 0.481 e. The van der Waals surface area contributed by atoms with Crippen LogP contribution in [0.3, 0.4) is 0 Å². The second-order valence-electron chi connectivity index (χ2n) is 4.14. The molecular formula is C14H15N3O4. The highest BCUT2D eigenvalue weighted by atomic mass is 16.5. The van der Waals surface area contributed by atoms with Gasteiger partial charge < -0.3 is 14.6 Å². The number of anilines is 1. The Balaban J connectivity index is 2.59. The first-order valence-electron chi connectivity index (χ1n) is 6.10. The van der Waals surface area contributed by atoms with E-state index in [0.29, 0.717) is 28.8 Å². The van der Waals surface area contributed by atoms with Gasteiger partial charge in [-0.1, -0.05) is 12.1 Å². The summed E-state index contributed by atoms with van der Waals surface area (Å²) < 4.78 is 10.2. The molecular weight excluding hydrogens is 274 g/mol. The predicted molar refractivity (Wildman–Crippen MR) is 77.0 cm³/mol. The number of ether oxygens (including phenoxy) is 2. The Bertz CT molecular complexity index is 638. The summed E-state index contributed by atoms with van der Waals surface area (Å²) in [7, 11) is 4.43. The molecule has 0 unspecified atom stereocenters. The van der Waals surface area contributed by atoms with Crippen molar-refractivity contribution >= 4 is 11.8 Å². The highest BCUT2D eigenvalue weighted by Crippen LogP contribution is 2.30. The number of carbonyl (C=O) groups is 1. The van der Waals surface area contributed by atoms with Gasteiger partial charge in [0.05, 0.1) is 26.0 Å². The normalized spacial score (nSPS) is 10.0. The van der Waals surface area contributed by atoms with Crippen LogP contribution < -0.4 is 14.4 Å². The molecule has 0 bridgehead atoms. The summed E-state index contributed by atoms with van der Waals surface area (Å²) >= 11 is 0. The molecule has 21 heavy (non-hydrogen) atoms. The standard InChI is InChI=1S/C14H15N3O4/c1-17(14(18)19)10-7-5-4-6-9(10)13-15-11(20-2)8-12(16-13)21-3/h4-8H,1-3H3,(H,18,19). The number of rotatable bonds is 4. The van der Waals surface area contributed by atoms with E-state index in [4.69, 9.17) is 14.6 Å². The number of amides is 1. The number of aromatic nitrogens is 2. The Morgan fingerprint density at radius 2 is 1.71 bits per heavy atom. The van der Waals surface area contributed by atoms with Gasteiger partial charge in [-0.2, -0.15) is 9.97 Å². The molecule has 0 aliphatic carbocycles. The highest BCUT2D eigenvalue weighted by Gasteiger charge is 2.17. The fraction of sp³-hybridized carbons (Fsp3) is 0.214. The summed E-state index contributed by atoms with van der Waals surface area (Å²) in [5.41, 5.74) is 1.04. The van der Waals surface area contributed by atoms with Crippen molar-refractivity contribution in [2.24, 2.45) is 0 Å². The fourth-order valence-corrected chi connectivity index (χ4v) is 1.79. The minimum atomic E-state index is -1.07. The van der Waals surface area contributed by atoms with Gasteiger partial charge in [0.15, 0.2) is 5.82 Å². The van der Waals surface area contributed by atoms with E-state index in [1.165, 1.54) is 21.3 Å². The van der Waals surface area contributed by atoms with Crippen LogP contribution in [0.5, 0.6) is 11.8 Å². The number of hydrogen-bond donors (Lipinski definition) is 1. The summed E-state index contributed by atoms with van der Waals surface area (Å²) in [4.78, 5) is 20.7. The number of nitrogens with zero attached hydrogens (tertiary/aromatic N) is 3. The Kier molecular flexibility index (Phi) is 4.22. The molecule has 2 aromatic rings. The van der Waals surface area contributed by atoms with Crippen molar-refractivity contribution in [2.45, 2.75) is 0 Å². The molecule has 0 spiro atoms. The predicted octanol–water partition coefficient (Wildman–Crippen LogP) is 2.27. The minimum absolute atomic E-state index is 0.329. The summed E-state index contributed by atoms with van der Waals surface area (Å²) in [5.74, 6) is 1.00. The summed E-state index contributed by atoms with van der Waals surface area (Å²) in [5, 5.41) is 9.14. The molecule has 0 radical (unpaired) electrons. The van der Waals surface area contributed by atoms with Gasteiger partial charge in [0.1, 0.15) is 0 Å². The van der Waals surface area contributed by atoms with Gasteiger partial charge in [-0.3, -0.25) is 4.90 Å². The zero-order valence-electron chi connectivity index (χ0n) is 11.9. The summed E-state index contributed by atoms with van der Waals surface area (Å²) in [6.07, 6.45) is -1.07. The topological polar surface area (TPSA) is 84.8 Å². The maximum Gasteiger partial charge on any atom is 0.411 e. The van der Waals surface area contributed by atoms with Crippen molar-refractivity contribution in [3.8, 4) is 23.1 Å². The van der Waals surface area contributed by atoms with Crippen molar-refractivity contribution in [3.63, 3.8) is 0 Å². The molecule has 0 saturated carbocycles. The van der Waals surface area contributed by atoms with Crippen LogP contribution in [0.15, 0.2) is 30.3 Å². The molecule has 110 valence electrons. The summed E-state index contributed by atoms with van der Waals surface area (Å²) in [6, 6.07) is 8.49. The third kappa shape index (κ3) is 3.02. The number of methoxy groups -OCH3 is 2. The molecule has 1 amide bonds. The van der Waals surface area contributed by atoms with Crippen molar-refractivity contribution in [1.29, 1.82) is 0 Å². The Labute approximate surface area is 121 Å². The van der Waals surface area contributed by atoms with Gasteiger partial charge in [-0.05, 0) is 12.1 Å². The molecule has 0 fully saturated rings. The molecule has 0 saturated heterocycles. The Morgan fingerprint density at radius 1 is 1.14 bits per heavy atom. The lowest BCUT2D eigenvalue weighted by Crippen LogP contribution is -2.24. The Hall–Kier alpha value is -2.83. The van der Waals surface area contributed by atoms with E-state index in [1.54, 1.807) is 30.3 Å². The first-order valence-corrected chi connectivity index (χ1v) is 6.10. The molecule has 0 atom stereocenters. The average molecular weight is 289 g/mol. The van der Waals surface area contributed by atoms with Gasteiger partial charge >= 0.3 is 6.09 Å². The number of benzene rings is 1. The first kappa shape index (κ1) is 14.6. The fourth-order valence-electron chi connectivity index (χ4n) is 1.79. The molecule has 2 rings (SSSR count). The summed E-state index contributed by atoms with van der Waals surface area (Å²) in [6.45, 7) is 0. The van der Waals surface area contributed by atoms with Crippen LogP contribution in [0.2, 0.25) is 0 Å². The molecule has 1 heterocycles. The average Bonchev–Trinajstić information content (AvgIpc) is 2.53. The zero-order valence-corrected chi connectivity index (χ0v) is 11.9. The van der Waals surface area contributed by atoms with Gasteiger partial charge in [0.25, 0.3) is 0 Å². The van der Waals surface area contributed by atoms with E-state index >= 15 is 0 Å². The van der Waals surface area contributed by atoms with E-state index in [2.05, 4.69) is 9.97 Å². The molecule has 7 nitrogen and oxygen atoms in total. The van der Waals surface area contributed by atoms with Gasteiger partial charge in [-0.25, -0.2) is 4.79 Å².